The molecule has 0 fully saturated rings. The van der Waals surface area contributed by atoms with Gasteiger partial charge in [0.15, 0.2) is 0 Å². The number of rotatable bonds is 4. The summed E-state index contributed by atoms with van der Waals surface area (Å²) in [6, 6.07) is 23.2. The highest BCUT2D eigenvalue weighted by Gasteiger charge is 2.22. The van der Waals surface area contributed by atoms with E-state index in [1.165, 1.54) is 40.4 Å². The van der Waals surface area contributed by atoms with Crippen LogP contribution in [0, 0.1) is 0 Å². The molecule has 4 rings (SSSR count). The maximum Gasteiger partial charge on any atom is 0.221 e. The molecule has 0 aromatic heterocycles. The van der Waals surface area contributed by atoms with Gasteiger partial charge in [-0.05, 0) is 69.8 Å². The van der Waals surface area contributed by atoms with Crippen molar-refractivity contribution in [2.75, 3.05) is 26.5 Å². The second-order valence-corrected chi connectivity index (χ2v) is 8.53. The number of hydrogen-bond acceptors (Lipinski definition) is 1. The number of hydrogen-bond donors (Lipinski definition) is 1. The lowest BCUT2D eigenvalue weighted by atomic mass is 10.0. The highest BCUT2D eigenvalue weighted by atomic mass is 16.1. The van der Waals surface area contributed by atoms with Gasteiger partial charge in [0, 0.05) is 12.6 Å². The molecule has 0 radical (unpaired) electrons. The first kappa shape index (κ1) is 19.9. The smallest absolute Gasteiger partial charge is 0.221 e. The summed E-state index contributed by atoms with van der Waals surface area (Å²) in [5, 5.41) is 2.90. The average Bonchev–Trinajstić information content (AvgIpc) is 3.01. The zero-order valence-electron chi connectivity index (χ0n) is 17.9. The first-order valence-electron chi connectivity index (χ1n) is 10.2. The van der Waals surface area contributed by atoms with E-state index in [9.17, 15) is 4.79 Å². The van der Waals surface area contributed by atoms with E-state index in [-0.39, 0.29) is 5.91 Å². The fourth-order valence-corrected chi connectivity index (χ4v) is 3.85. The van der Waals surface area contributed by atoms with Gasteiger partial charge < -0.3 is 5.32 Å². The summed E-state index contributed by atoms with van der Waals surface area (Å²) in [4.78, 5) is 11.5. The number of carbonyl (C=O) groups is 1. The van der Waals surface area contributed by atoms with Crippen molar-refractivity contribution < 1.29 is 4.79 Å². The quantitative estimate of drug-likeness (QED) is 0.424. The zero-order valence-corrected chi connectivity index (χ0v) is 17.9. The van der Waals surface area contributed by atoms with Crippen molar-refractivity contribution in [2.24, 2.45) is 0 Å². The lowest BCUT2D eigenvalue weighted by Gasteiger charge is -2.23. The fraction of sp³-hybridized carbons (Fsp3) is 0.148. The van der Waals surface area contributed by atoms with E-state index in [1.807, 2.05) is 6.07 Å². The number of carbonyl (C=O) groups excluding carboxylic acids is 1. The number of amides is 1. The Bertz CT molecular complexity index is 1160. The third-order valence-corrected chi connectivity index (χ3v) is 5.36. The Morgan fingerprint density at radius 3 is 2.17 bits per heavy atom. The van der Waals surface area contributed by atoms with Crippen LogP contribution in [0.4, 0.5) is 11.4 Å². The van der Waals surface area contributed by atoms with Gasteiger partial charge in [-0.3, -0.25) is 9.28 Å². The number of fused-ring (bicyclic) bond motifs is 3. The second-order valence-electron chi connectivity index (χ2n) is 8.53. The van der Waals surface area contributed by atoms with Crippen molar-refractivity contribution in [2.45, 2.75) is 6.92 Å². The molecule has 1 amide bonds. The summed E-state index contributed by atoms with van der Waals surface area (Å²) < 4.78 is 0.804. The topological polar surface area (TPSA) is 29.1 Å². The number of benzene rings is 3. The standard InChI is InChI=1S/C27H26N2O/c1-19(30)28-21-14-17-26-24-10-6-5-9-23(24)25(27(26)18-21)11-7-8-20-12-15-22(16-13-20)29(2,3)4/h5-18H,1-4H3/p+1/b8-7-,25-11-. The zero-order chi connectivity index (χ0) is 21.3. The molecule has 1 aliphatic rings. The van der Waals surface area contributed by atoms with E-state index in [0.717, 1.165) is 15.7 Å². The van der Waals surface area contributed by atoms with Gasteiger partial charge in [-0.25, -0.2) is 0 Å². The van der Waals surface area contributed by atoms with Crippen molar-refractivity contribution in [1.82, 2.24) is 4.48 Å². The third-order valence-electron chi connectivity index (χ3n) is 5.36. The van der Waals surface area contributed by atoms with E-state index >= 15 is 0 Å². The Labute approximate surface area is 178 Å². The van der Waals surface area contributed by atoms with E-state index in [1.54, 1.807) is 0 Å². The molecule has 0 heterocycles. The van der Waals surface area contributed by atoms with Gasteiger partial charge in [0.1, 0.15) is 5.69 Å². The monoisotopic (exact) mass is 395 g/mol. The number of nitrogens with one attached hydrogen (secondary N) is 1. The molecular weight excluding hydrogens is 368 g/mol. The van der Waals surface area contributed by atoms with Crippen molar-refractivity contribution in [3.8, 4) is 11.1 Å². The van der Waals surface area contributed by atoms with E-state index in [0.29, 0.717) is 0 Å². The van der Waals surface area contributed by atoms with Gasteiger partial charge >= 0.3 is 0 Å². The normalized spacial score (nSPS) is 14.1. The molecule has 0 unspecified atom stereocenters. The number of allylic oxidation sites excluding steroid dienone is 2. The Hall–Kier alpha value is -3.43. The minimum atomic E-state index is -0.0618. The van der Waals surface area contributed by atoms with E-state index in [4.69, 9.17) is 0 Å². The number of anilines is 1. The lowest BCUT2D eigenvalue weighted by Crippen LogP contribution is -2.34. The summed E-state index contributed by atoms with van der Waals surface area (Å²) in [6.45, 7) is 1.53. The van der Waals surface area contributed by atoms with Crippen molar-refractivity contribution >= 4 is 28.9 Å². The maximum atomic E-state index is 11.5. The molecule has 1 N–H and O–H groups in total. The molecule has 0 saturated heterocycles. The Kier molecular flexibility index (Phi) is 5.15. The molecule has 150 valence electrons. The molecule has 3 nitrogen and oxygen atoms in total. The molecule has 30 heavy (non-hydrogen) atoms. The summed E-state index contributed by atoms with van der Waals surface area (Å²) in [7, 11) is 6.50. The number of quaternary nitrogens is 1. The van der Waals surface area contributed by atoms with Crippen LogP contribution in [0.3, 0.4) is 0 Å². The summed E-state index contributed by atoms with van der Waals surface area (Å²) in [5.74, 6) is -0.0618. The van der Waals surface area contributed by atoms with Crippen LogP contribution in [-0.4, -0.2) is 27.1 Å². The predicted molar refractivity (Wildman–Crippen MR) is 128 cm³/mol. The average molecular weight is 396 g/mol. The Balaban J connectivity index is 1.69. The van der Waals surface area contributed by atoms with Gasteiger partial charge in [-0.2, -0.15) is 0 Å². The van der Waals surface area contributed by atoms with Crippen LogP contribution in [0.15, 0.2) is 78.9 Å². The minimum absolute atomic E-state index is 0.0618. The van der Waals surface area contributed by atoms with E-state index < -0.39 is 0 Å². The van der Waals surface area contributed by atoms with Gasteiger partial charge in [-0.1, -0.05) is 48.6 Å². The largest absolute Gasteiger partial charge is 0.326 e. The van der Waals surface area contributed by atoms with E-state index in [2.05, 4.69) is 105 Å². The second kappa shape index (κ2) is 7.77. The molecule has 3 aromatic rings. The highest BCUT2D eigenvalue weighted by molar-refractivity contribution is 6.03. The van der Waals surface area contributed by atoms with Crippen LogP contribution in [0.25, 0.3) is 22.8 Å². The van der Waals surface area contributed by atoms with Crippen molar-refractivity contribution in [3.63, 3.8) is 0 Å². The van der Waals surface area contributed by atoms with Crippen LogP contribution in [0.2, 0.25) is 0 Å². The van der Waals surface area contributed by atoms with Crippen LogP contribution in [0.1, 0.15) is 23.6 Å². The summed E-state index contributed by atoms with van der Waals surface area (Å²) >= 11 is 0. The van der Waals surface area contributed by atoms with Gasteiger partial charge in [0.25, 0.3) is 0 Å². The molecule has 0 saturated carbocycles. The molecule has 3 aromatic carbocycles. The van der Waals surface area contributed by atoms with Gasteiger partial charge in [0.2, 0.25) is 5.91 Å². The maximum absolute atomic E-state index is 11.5. The SMILES string of the molecule is CC(=O)Nc1ccc2c(c1)/C(=C\C=C/c1ccc([N+](C)(C)C)cc1)c1ccccc1-2. The van der Waals surface area contributed by atoms with Crippen LogP contribution in [-0.2, 0) is 4.79 Å². The van der Waals surface area contributed by atoms with Crippen LogP contribution < -0.4 is 9.80 Å². The van der Waals surface area contributed by atoms with Crippen molar-refractivity contribution in [1.29, 1.82) is 0 Å². The lowest BCUT2D eigenvalue weighted by molar-refractivity contribution is -0.114. The molecule has 0 bridgehead atoms. The van der Waals surface area contributed by atoms with Crippen molar-refractivity contribution in [3.05, 3.63) is 95.6 Å². The highest BCUT2D eigenvalue weighted by Crippen LogP contribution is 2.45. The summed E-state index contributed by atoms with van der Waals surface area (Å²) in [5.41, 5.74) is 9.23. The van der Waals surface area contributed by atoms with Gasteiger partial charge in [0.05, 0.1) is 21.1 Å². The van der Waals surface area contributed by atoms with Crippen LogP contribution >= 0.6 is 0 Å². The first-order chi connectivity index (χ1) is 14.3. The molecule has 1 aliphatic carbocycles. The van der Waals surface area contributed by atoms with Crippen LogP contribution in [0.5, 0.6) is 0 Å². The summed E-state index contributed by atoms with van der Waals surface area (Å²) in [6.07, 6.45) is 6.40. The number of nitrogens with zero attached hydrogens (tertiary/aromatic N) is 1. The molecule has 0 spiro atoms. The third kappa shape index (κ3) is 3.98. The first-order valence-corrected chi connectivity index (χ1v) is 10.2. The minimum Gasteiger partial charge on any atom is -0.326 e. The molecule has 3 heteroatoms. The predicted octanol–water partition coefficient (Wildman–Crippen LogP) is 5.97. The molecule has 0 atom stereocenters. The Morgan fingerprint density at radius 2 is 1.50 bits per heavy atom. The fourth-order valence-electron chi connectivity index (χ4n) is 3.85. The Morgan fingerprint density at radius 1 is 0.833 bits per heavy atom. The van der Waals surface area contributed by atoms with Gasteiger partial charge in [-0.15, -0.1) is 0 Å². The molecule has 0 aliphatic heterocycles. The molecular formula is C27H27N2O+.